The van der Waals surface area contributed by atoms with E-state index in [1.54, 1.807) is 18.4 Å². The second-order valence-electron chi connectivity index (χ2n) is 3.50. The Balaban J connectivity index is 2.56. The van der Waals surface area contributed by atoms with Crippen LogP contribution in [0.4, 0.5) is 0 Å². The van der Waals surface area contributed by atoms with Gasteiger partial charge in [-0.3, -0.25) is 0 Å². The van der Waals surface area contributed by atoms with E-state index in [2.05, 4.69) is 0 Å². The van der Waals surface area contributed by atoms with E-state index >= 15 is 0 Å². The van der Waals surface area contributed by atoms with E-state index in [4.69, 9.17) is 5.26 Å². The third-order valence-electron chi connectivity index (χ3n) is 2.48. The molecule has 0 N–H and O–H groups in total. The lowest BCUT2D eigenvalue weighted by molar-refractivity contribution is 0.590. The van der Waals surface area contributed by atoms with Crippen molar-refractivity contribution in [3.63, 3.8) is 0 Å². The zero-order chi connectivity index (χ0) is 10.4. The molecule has 0 radical (unpaired) electrons. The van der Waals surface area contributed by atoms with Crippen LogP contribution < -0.4 is 0 Å². The smallest absolute Gasteiger partial charge is 0.207 e. The molecule has 5 heteroatoms. The lowest BCUT2D eigenvalue weighted by atomic mass is 10.4. The average Bonchev–Trinajstić information content (AvgIpc) is 2.84. The summed E-state index contributed by atoms with van der Waals surface area (Å²) in [6.07, 6.45) is 0.951. The van der Waals surface area contributed by atoms with Crippen molar-refractivity contribution in [3.8, 4) is 6.07 Å². The second-order valence-corrected chi connectivity index (χ2v) is 6.87. The van der Waals surface area contributed by atoms with Gasteiger partial charge in [0.1, 0.15) is 4.21 Å². The Morgan fingerprint density at radius 3 is 2.57 bits per heavy atom. The van der Waals surface area contributed by atoms with Crippen LogP contribution in [0.5, 0.6) is 0 Å². The number of sulfone groups is 1. The van der Waals surface area contributed by atoms with E-state index in [1.165, 1.54) is 11.3 Å². The minimum atomic E-state index is -3.41. The van der Waals surface area contributed by atoms with Crippen LogP contribution in [0.15, 0.2) is 15.7 Å². The van der Waals surface area contributed by atoms with Gasteiger partial charge in [-0.2, -0.15) is 5.26 Å². The standard InChI is InChI=1S/C9H9NO2S2/c1-7-2-5-13-8(7)14(11,12)9(6-10)3-4-9/h2,5H,3-4H2,1H3. The maximum absolute atomic E-state index is 12.0. The van der Waals surface area contributed by atoms with Crippen molar-refractivity contribution < 1.29 is 8.42 Å². The van der Waals surface area contributed by atoms with E-state index in [1.807, 2.05) is 6.07 Å². The number of hydrogen-bond acceptors (Lipinski definition) is 4. The molecule has 14 heavy (non-hydrogen) atoms. The Hall–Kier alpha value is -0.860. The molecule has 1 aromatic heterocycles. The number of nitriles is 1. The normalized spacial score (nSPS) is 18.9. The number of nitrogens with zero attached hydrogens (tertiary/aromatic N) is 1. The lowest BCUT2D eigenvalue weighted by Crippen LogP contribution is -2.20. The van der Waals surface area contributed by atoms with E-state index in [0.29, 0.717) is 17.1 Å². The Bertz CT molecular complexity index is 503. The van der Waals surface area contributed by atoms with Gasteiger partial charge in [0.15, 0.2) is 4.75 Å². The van der Waals surface area contributed by atoms with Crippen LogP contribution in [0.25, 0.3) is 0 Å². The first-order chi connectivity index (χ1) is 6.53. The summed E-state index contributed by atoms with van der Waals surface area (Å²) < 4.78 is 23.3. The van der Waals surface area contributed by atoms with Crippen molar-refractivity contribution in [1.82, 2.24) is 0 Å². The van der Waals surface area contributed by atoms with Gasteiger partial charge in [0, 0.05) is 0 Å². The third kappa shape index (κ3) is 1.11. The topological polar surface area (TPSA) is 57.9 Å². The molecule has 1 heterocycles. The summed E-state index contributed by atoms with van der Waals surface area (Å²) in [7, 11) is -3.41. The van der Waals surface area contributed by atoms with E-state index in [9.17, 15) is 8.42 Å². The Kier molecular flexibility index (Phi) is 1.95. The number of hydrogen-bond donors (Lipinski definition) is 0. The van der Waals surface area contributed by atoms with E-state index in [-0.39, 0.29) is 0 Å². The van der Waals surface area contributed by atoms with Crippen molar-refractivity contribution >= 4 is 21.2 Å². The molecule has 3 nitrogen and oxygen atoms in total. The first-order valence-corrected chi connectivity index (χ1v) is 6.60. The highest BCUT2D eigenvalue weighted by Gasteiger charge is 2.56. The first kappa shape index (κ1) is 9.69. The molecule has 74 valence electrons. The molecule has 0 atom stereocenters. The number of rotatable bonds is 2. The van der Waals surface area contributed by atoms with Gasteiger partial charge in [-0.25, -0.2) is 8.42 Å². The summed E-state index contributed by atoms with van der Waals surface area (Å²) in [5, 5.41) is 10.6. The SMILES string of the molecule is Cc1ccsc1S(=O)(=O)C1(C#N)CC1. The summed E-state index contributed by atoms with van der Waals surface area (Å²) >= 11 is 1.20. The van der Waals surface area contributed by atoms with Crippen LogP contribution in [0.3, 0.4) is 0 Å². The summed E-state index contributed by atoms with van der Waals surface area (Å²) in [5.74, 6) is 0. The van der Waals surface area contributed by atoms with Crippen LogP contribution in [-0.2, 0) is 9.84 Å². The first-order valence-electron chi connectivity index (χ1n) is 4.23. The molecule has 0 bridgehead atoms. The number of aryl methyl sites for hydroxylation is 1. The molecule has 1 saturated carbocycles. The van der Waals surface area contributed by atoms with Gasteiger partial charge < -0.3 is 0 Å². The average molecular weight is 227 g/mol. The molecular weight excluding hydrogens is 218 g/mol. The largest absolute Gasteiger partial charge is 0.221 e. The molecule has 1 aliphatic carbocycles. The Morgan fingerprint density at radius 2 is 2.21 bits per heavy atom. The molecule has 0 amide bonds. The van der Waals surface area contributed by atoms with Crippen molar-refractivity contribution in [1.29, 1.82) is 5.26 Å². The fourth-order valence-corrected chi connectivity index (χ4v) is 4.77. The molecule has 0 spiro atoms. The molecule has 0 aliphatic heterocycles. The second kappa shape index (κ2) is 2.81. The van der Waals surface area contributed by atoms with Gasteiger partial charge in [0.05, 0.1) is 6.07 Å². The van der Waals surface area contributed by atoms with Crippen LogP contribution in [0.2, 0.25) is 0 Å². The summed E-state index contributed by atoms with van der Waals surface area (Å²) in [6, 6.07) is 3.70. The number of thiophene rings is 1. The van der Waals surface area contributed by atoms with Gasteiger partial charge in [-0.15, -0.1) is 11.3 Å². The highest BCUT2D eigenvalue weighted by atomic mass is 32.2. The summed E-state index contributed by atoms with van der Waals surface area (Å²) in [5.41, 5.74) is 0.747. The maximum Gasteiger partial charge on any atom is 0.207 e. The fraction of sp³-hybridized carbons (Fsp3) is 0.444. The quantitative estimate of drug-likeness (QED) is 0.775. The Morgan fingerprint density at radius 1 is 1.57 bits per heavy atom. The monoisotopic (exact) mass is 227 g/mol. The maximum atomic E-state index is 12.0. The molecule has 0 saturated heterocycles. The van der Waals surface area contributed by atoms with Crippen molar-refractivity contribution in [2.45, 2.75) is 28.7 Å². The molecule has 0 unspecified atom stereocenters. The van der Waals surface area contributed by atoms with Gasteiger partial charge >= 0.3 is 0 Å². The molecule has 0 aromatic carbocycles. The van der Waals surface area contributed by atoms with Gasteiger partial charge in [-0.1, -0.05) is 0 Å². The van der Waals surface area contributed by atoms with E-state index in [0.717, 1.165) is 5.56 Å². The third-order valence-corrected chi connectivity index (χ3v) is 6.58. The molecule has 1 aromatic rings. The predicted molar refractivity (Wildman–Crippen MR) is 53.8 cm³/mol. The highest BCUT2D eigenvalue weighted by Crippen LogP contribution is 2.47. The lowest BCUT2D eigenvalue weighted by Gasteiger charge is -2.06. The molecule has 1 fully saturated rings. The van der Waals surface area contributed by atoms with Gasteiger partial charge in [-0.05, 0) is 36.8 Å². The summed E-state index contributed by atoms with van der Waals surface area (Å²) in [4.78, 5) is 0. The fourth-order valence-electron chi connectivity index (χ4n) is 1.37. The molecule has 1 aliphatic rings. The summed E-state index contributed by atoms with van der Waals surface area (Å²) in [6.45, 7) is 1.76. The van der Waals surface area contributed by atoms with Crippen molar-refractivity contribution in [3.05, 3.63) is 17.0 Å². The van der Waals surface area contributed by atoms with Crippen LogP contribution in [0, 0.1) is 18.3 Å². The zero-order valence-corrected chi connectivity index (χ0v) is 9.28. The van der Waals surface area contributed by atoms with Crippen molar-refractivity contribution in [2.24, 2.45) is 0 Å². The van der Waals surface area contributed by atoms with Crippen LogP contribution in [-0.4, -0.2) is 13.2 Å². The van der Waals surface area contributed by atoms with Crippen molar-refractivity contribution in [2.75, 3.05) is 0 Å². The minimum Gasteiger partial charge on any atom is -0.221 e. The van der Waals surface area contributed by atoms with Gasteiger partial charge in [0.25, 0.3) is 0 Å². The minimum absolute atomic E-state index is 0.358. The molecular formula is C9H9NO2S2. The van der Waals surface area contributed by atoms with Gasteiger partial charge in [0.2, 0.25) is 9.84 Å². The molecule has 2 rings (SSSR count). The van der Waals surface area contributed by atoms with Crippen LogP contribution in [0.1, 0.15) is 18.4 Å². The highest BCUT2D eigenvalue weighted by molar-refractivity contribution is 7.95. The van der Waals surface area contributed by atoms with Crippen LogP contribution >= 0.6 is 11.3 Å². The Labute approximate surface area is 86.9 Å². The predicted octanol–water partition coefficient (Wildman–Crippen LogP) is 1.89. The van der Waals surface area contributed by atoms with E-state index < -0.39 is 14.6 Å². The zero-order valence-electron chi connectivity index (χ0n) is 7.65.